The average molecular weight is 301 g/mol. The van der Waals surface area contributed by atoms with Crippen LogP contribution >= 0.6 is 23.2 Å². The number of hydrogen-bond acceptors (Lipinski definition) is 4. The van der Waals surface area contributed by atoms with Crippen molar-refractivity contribution >= 4 is 28.9 Å². The van der Waals surface area contributed by atoms with Gasteiger partial charge in [0, 0.05) is 38.3 Å². The first-order valence-electron chi connectivity index (χ1n) is 6.92. The minimum Gasteiger partial charge on any atom is -0.366 e. The molecule has 2 heterocycles. The summed E-state index contributed by atoms with van der Waals surface area (Å²) in [5.41, 5.74) is 0.910. The number of halogens is 2. The summed E-state index contributed by atoms with van der Waals surface area (Å²) in [5, 5.41) is 8.48. The van der Waals surface area contributed by atoms with Gasteiger partial charge in [-0.2, -0.15) is 0 Å². The summed E-state index contributed by atoms with van der Waals surface area (Å²) < 4.78 is 0. The Morgan fingerprint density at radius 3 is 2.37 bits per heavy atom. The number of nitrogens with zero attached hydrogens (tertiary/aromatic N) is 4. The highest BCUT2D eigenvalue weighted by molar-refractivity contribution is 6.33. The van der Waals surface area contributed by atoms with Crippen molar-refractivity contribution in [3.8, 4) is 0 Å². The monoisotopic (exact) mass is 300 g/mol. The highest BCUT2D eigenvalue weighted by Crippen LogP contribution is 2.28. The average Bonchev–Trinajstić information content (AvgIpc) is 2.96. The second-order valence-corrected chi connectivity index (χ2v) is 6.05. The van der Waals surface area contributed by atoms with Crippen LogP contribution in [0, 0.1) is 0 Å². The number of rotatable bonds is 2. The van der Waals surface area contributed by atoms with E-state index in [1.54, 1.807) is 0 Å². The molecule has 4 nitrogen and oxygen atoms in total. The fraction of sp³-hybridized carbons (Fsp3) is 0.692. The molecule has 0 bridgehead atoms. The molecular weight excluding hydrogens is 283 g/mol. The zero-order valence-electron chi connectivity index (χ0n) is 10.9. The van der Waals surface area contributed by atoms with E-state index in [1.165, 1.54) is 25.7 Å². The van der Waals surface area contributed by atoms with Crippen molar-refractivity contribution in [1.82, 2.24) is 15.1 Å². The van der Waals surface area contributed by atoms with Crippen LogP contribution in [0.15, 0.2) is 6.07 Å². The summed E-state index contributed by atoms with van der Waals surface area (Å²) in [6.45, 7) is 4.17. The van der Waals surface area contributed by atoms with Crippen molar-refractivity contribution in [3.63, 3.8) is 0 Å². The van der Waals surface area contributed by atoms with Gasteiger partial charge >= 0.3 is 0 Å². The normalized spacial score (nSPS) is 22.1. The highest BCUT2D eigenvalue weighted by atomic mass is 35.5. The van der Waals surface area contributed by atoms with Gasteiger partial charge in [0.25, 0.3) is 0 Å². The molecular formula is C13H18Cl2N4. The van der Waals surface area contributed by atoms with Crippen LogP contribution in [0.2, 0.25) is 10.3 Å². The second-order valence-electron chi connectivity index (χ2n) is 5.30. The van der Waals surface area contributed by atoms with E-state index in [-0.39, 0.29) is 0 Å². The van der Waals surface area contributed by atoms with Crippen molar-refractivity contribution in [2.45, 2.75) is 31.7 Å². The third-order valence-electron chi connectivity index (χ3n) is 4.20. The van der Waals surface area contributed by atoms with E-state index in [9.17, 15) is 0 Å². The van der Waals surface area contributed by atoms with E-state index in [2.05, 4.69) is 20.0 Å². The molecule has 1 aromatic heterocycles. The van der Waals surface area contributed by atoms with Crippen molar-refractivity contribution in [2.75, 3.05) is 31.1 Å². The smallest absolute Gasteiger partial charge is 0.175 e. The first-order chi connectivity index (χ1) is 9.24. The standard InChI is InChI=1S/C13H18Cl2N4/c14-12-9-11(13(15)17-16-12)19-7-5-18(6-8-19)10-3-1-2-4-10/h9-10H,1-8H2. The van der Waals surface area contributed by atoms with E-state index in [4.69, 9.17) is 23.2 Å². The number of aromatic nitrogens is 2. The molecule has 0 N–H and O–H groups in total. The molecule has 2 fully saturated rings. The lowest BCUT2D eigenvalue weighted by Gasteiger charge is -2.39. The number of piperazine rings is 1. The maximum atomic E-state index is 6.11. The summed E-state index contributed by atoms with van der Waals surface area (Å²) in [4.78, 5) is 4.88. The Hall–Kier alpha value is -0.580. The molecule has 104 valence electrons. The topological polar surface area (TPSA) is 32.3 Å². The number of anilines is 1. The van der Waals surface area contributed by atoms with E-state index >= 15 is 0 Å². The molecule has 0 unspecified atom stereocenters. The summed E-state index contributed by atoms with van der Waals surface area (Å²) in [6.07, 6.45) is 5.51. The molecule has 2 aliphatic rings. The Morgan fingerprint density at radius 1 is 1.00 bits per heavy atom. The predicted molar refractivity (Wildman–Crippen MR) is 78.1 cm³/mol. The third-order valence-corrected chi connectivity index (χ3v) is 4.65. The van der Waals surface area contributed by atoms with Gasteiger partial charge in [-0.3, -0.25) is 4.90 Å². The Kier molecular flexibility index (Phi) is 4.10. The lowest BCUT2D eigenvalue weighted by molar-refractivity contribution is 0.187. The van der Waals surface area contributed by atoms with Crippen molar-refractivity contribution < 1.29 is 0 Å². The second kappa shape index (κ2) is 5.81. The van der Waals surface area contributed by atoms with Crippen LogP contribution in [-0.4, -0.2) is 47.3 Å². The van der Waals surface area contributed by atoms with Crippen LogP contribution in [0.5, 0.6) is 0 Å². The summed E-state index contributed by atoms with van der Waals surface area (Å²) in [5.74, 6) is 0. The van der Waals surface area contributed by atoms with Gasteiger partial charge in [-0.15, -0.1) is 10.2 Å². The van der Waals surface area contributed by atoms with Crippen LogP contribution < -0.4 is 4.90 Å². The lowest BCUT2D eigenvalue weighted by atomic mass is 10.2. The summed E-state index contributed by atoms with van der Waals surface area (Å²) in [6, 6.07) is 2.61. The molecule has 0 amide bonds. The van der Waals surface area contributed by atoms with Crippen LogP contribution in [0.25, 0.3) is 0 Å². The molecule has 0 spiro atoms. The van der Waals surface area contributed by atoms with Gasteiger partial charge < -0.3 is 4.90 Å². The molecule has 19 heavy (non-hydrogen) atoms. The lowest BCUT2D eigenvalue weighted by Crippen LogP contribution is -2.49. The van der Waals surface area contributed by atoms with Crippen LogP contribution in [0.3, 0.4) is 0 Å². The molecule has 1 aliphatic carbocycles. The summed E-state index contributed by atoms with van der Waals surface area (Å²) >= 11 is 12.0. The molecule has 0 aromatic carbocycles. The fourth-order valence-corrected chi connectivity index (χ4v) is 3.52. The minimum atomic E-state index is 0.401. The fourth-order valence-electron chi connectivity index (χ4n) is 3.16. The Balaban J connectivity index is 1.64. The third kappa shape index (κ3) is 2.96. The molecule has 6 heteroatoms. The highest BCUT2D eigenvalue weighted by Gasteiger charge is 2.27. The Bertz CT molecular complexity index is 440. The largest absolute Gasteiger partial charge is 0.366 e. The zero-order chi connectivity index (χ0) is 13.2. The molecule has 0 radical (unpaired) electrons. The quantitative estimate of drug-likeness (QED) is 0.841. The molecule has 1 aromatic rings. The van der Waals surface area contributed by atoms with Crippen molar-refractivity contribution in [1.29, 1.82) is 0 Å². The Labute approximate surface area is 123 Å². The van der Waals surface area contributed by atoms with E-state index < -0.39 is 0 Å². The molecule has 3 rings (SSSR count). The van der Waals surface area contributed by atoms with Gasteiger partial charge in [-0.05, 0) is 12.8 Å². The SMILES string of the molecule is Clc1cc(N2CCN(C3CCCC3)CC2)c(Cl)nn1. The van der Waals surface area contributed by atoms with Crippen molar-refractivity contribution in [3.05, 3.63) is 16.4 Å². The van der Waals surface area contributed by atoms with E-state index in [0.717, 1.165) is 37.9 Å². The van der Waals surface area contributed by atoms with Crippen molar-refractivity contribution in [2.24, 2.45) is 0 Å². The number of hydrogen-bond donors (Lipinski definition) is 0. The van der Waals surface area contributed by atoms with Gasteiger partial charge in [0.05, 0.1) is 5.69 Å². The van der Waals surface area contributed by atoms with Gasteiger partial charge in [0.1, 0.15) is 0 Å². The van der Waals surface area contributed by atoms with E-state index in [0.29, 0.717) is 10.3 Å². The molecule has 1 aliphatic heterocycles. The van der Waals surface area contributed by atoms with Crippen LogP contribution in [-0.2, 0) is 0 Å². The minimum absolute atomic E-state index is 0.401. The predicted octanol–water partition coefficient (Wildman–Crippen LogP) is 2.85. The first-order valence-corrected chi connectivity index (χ1v) is 7.67. The van der Waals surface area contributed by atoms with Gasteiger partial charge in [0.15, 0.2) is 10.3 Å². The Morgan fingerprint density at radius 2 is 1.68 bits per heavy atom. The maximum Gasteiger partial charge on any atom is 0.175 e. The first kappa shape index (κ1) is 13.4. The van der Waals surface area contributed by atoms with Gasteiger partial charge in [0.2, 0.25) is 0 Å². The van der Waals surface area contributed by atoms with Crippen LogP contribution in [0.4, 0.5) is 5.69 Å². The maximum absolute atomic E-state index is 6.11. The summed E-state index contributed by atoms with van der Waals surface area (Å²) in [7, 11) is 0. The van der Waals surface area contributed by atoms with Gasteiger partial charge in [-0.1, -0.05) is 36.0 Å². The molecule has 0 atom stereocenters. The van der Waals surface area contributed by atoms with Gasteiger partial charge in [-0.25, -0.2) is 0 Å². The molecule has 1 saturated heterocycles. The van der Waals surface area contributed by atoms with Crippen LogP contribution in [0.1, 0.15) is 25.7 Å². The zero-order valence-corrected chi connectivity index (χ0v) is 12.4. The van der Waals surface area contributed by atoms with E-state index in [1.807, 2.05) is 6.07 Å². The molecule has 1 saturated carbocycles.